The summed E-state index contributed by atoms with van der Waals surface area (Å²) < 4.78 is 5.22. The quantitative estimate of drug-likeness (QED) is 0.573. The smallest absolute Gasteiger partial charge is 0.279 e. The van der Waals surface area contributed by atoms with E-state index in [1.165, 1.54) is 0 Å². The number of imidazole rings is 1. The monoisotopic (exact) mass is 280 g/mol. The van der Waals surface area contributed by atoms with Crippen LogP contribution in [0.5, 0.6) is 0 Å². The van der Waals surface area contributed by atoms with Crippen molar-refractivity contribution < 1.29 is 4.52 Å². The van der Waals surface area contributed by atoms with Gasteiger partial charge in [0, 0.05) is 17.8 Å². The van der Waals surface area contributed by atoms with Gasteiger partial charge in [0.15, 0.2) is 11.5 Å². The maximum absolute atomic E-state index is 11.8. The lowest BCUT2D eigenvalue weighted by Crippen LogP contribution is -2.09. The highest BCUT2D eigenvalue weighted by atomic mass is 16.5. The molecule has 0 atom stereocenters. The summed E-state index contributed by atoms with van der Waals surface area (Å²) in [5.41, 5.74) is 0.163. The number of aromatic nitrogens is 6. The number of benzene rings is 1. The normalized spacial score (nSPS) is 11.0. The molecule has 102 valence electrons. The second kappa shape index (κ2) is 4.37. The summed E-state index contributed by atoms with van der Waals surface area (Å²) in [6.45, 7) is 0. The lowest BCUT2D eigenvalue weighted by atomic mass is 10.1. The van der Waals surface area contributed by atoms with Crippen molar-refractivity contribution in [2.24, 2.45) is 0 Å². The molecule has 1 aromatic carbocycles. The second-order valence-electron chi connectivity index (χ2n) is 4.31. The van der Waals surface area contributed by atoms with Gasteiger partial charge in [0.2, 0.25) is 5.82 Å². The Hall–Kier alpha value is -3.29. The Morgan fingerprint density at radius 1 is 1.14 bits per heavy atom. The fraction of sp³-hybridized carbons (Fsp3) is 0. The van der Waals surface area contributed by atoms with Crippen LogP contribution in [0.25, 0.3) is 34.0 Å². The number of nitrogens with one attached hydrogen (secondary N) is 2. The molecular weight excluding hydrogens is 272 g/mol. The Balaban J connectivity index is 1.92. The fourth-order valence-electron chi connectivity index (χ4n) is 2.08. The summed E-state index contributed by atoms with van der Waals surface area (Å²) >= 11 is 0. The van der Waals surface area contributed by atoms with E-state index >= 15 is 0 Å². The minimum absolute atomic E-state index is 0.217. The Kier molecular flexibility index (Phi) is 2.40. The van der Waals surface area contributed by atoms with Crippen LogP contribution < -0.4 is 5.56 Å². The predicted octanol–water partition coefficient (Wildman–Crippen LogP) is 1.36. The van der Waals surface area contributed by atoms with Crippen LogP contribution in [0.4, 0.5) is 0 Å². The third kappa shape index (κ3) is 1.81. The molecule has 4 rings (SSSR count). The van der Waals surface area contributed by atoms with Gasteiger partial charge in [-0.2, -0.15) is 10.1 Å². The number of fused-ring (bicyclic) bond motifs is 1. The Morgan fingerprint density at radius 3 is 2.81 bits per heavy atom. The zero-order valence-corrected chi connectivity index (χ0v) is 10.6. The zero-order chi connectivity index (χ0) is 14.2. The molecule has 0 fully saturated rings. The molecule has 0 aliphatic rings. The molecule has 0 radical (unpaired) electrons. The lowest BCUT2D eigenvalue weighted by Gasteiger charge is -1.99. The molecule has 0 aliphatic heterocycles. The summed E-state index contributed by atoms with van der Waals surface area (Å²) in [7, 11) is 0. The highest BCUT2D eigenvalue weighted by molar-refractivity contribution is 5.91. The van der Waals surface area contributed by atoms with E-state index in [2.05, 4.69) is 30.3 Å². The number of nitrogens with zero attached hydrogens (tertiary/aromatic N) is 4. The Bertz CT molecular complexity index is 970. The average molecular weight is 280 g/mol. The van der Waals surface area contributed by atoms with Crippen LogP contribution in [0.2, 0.25) is 0 Å². The van der Waals surface area contributed by atoms with Gasteiger partial charge in [0.05, 0.1) is 5.39 Å². The van der Waals surface area contributed by atoms with E-state index in [1.807, 2.05) is 6.07 Å². The molecular formula is C13H8N6O2. The minimum Gasteiger partial charge on any atom is -0.342 e. The van der Waals surface area contributed by atoms with Crippen LogP contribution in [-0.4, -0.2) is 30.3 Å². The number of H-pyrrole nitrogens is 2. The lowest BCUT2D eigenvalue weighted by molar-refractivity contribution is 0.430. The summed E-state index contributed by atoms with van der Waals surface area (Å²) in [5.74, 6) is 1.04. The molecule has 2 N–H and O–H groups in total. The first-order chi connectivity index (χ1) is 10.3. The van der Waals surface area contributed by atoms with E-state index in [1.54, 1.807) is 30.6 Å². The molecule has 8 nitrogen and oxygen atoms in total. The summed E-state index contributed by atoms with van der Waals surface area (Å²) in [4.78, 5) is 22.9. The highest BCUT2D eigenvalue weighted by Crippen LogP contribution is 2.23. The summed E-state index contributed by atoms with van der Waals surface area (Å²) in [5, 5.41) is 11.5. The topological polar surface area (TPSA) is 113 Å². The first-order valence-corrected chi connectivity index (χ1v) is 6.14. The van der Waals surface area contributed by atoms with Crippen molar-refractivity contribution in [3.8, 4) is 23.2 Å². The van der Waals surface area contributed by atoms with E-state index < -0.39 is 0 Å². The molecule has 3 heterocycles. The molecule has 4 aromatic rings. The Morgan fingerprint density at radius 2 is 2.00 bits per heavy atom. The predicted molar refractivity (Wildman–Crippen MR) is 73.2 cm³/mol. The largest absolute Gasteiger partial charge is 0.342 e. The third-order valence-electron chi connectivity index (χ3n) is 3.03. The number of aromatic amines is 2. The maximum atomic E-state index is 11.8. The average Bonchev–Trinajstić information content (AvgIpc) is 3.19. The van der Waals surface area contributed by atoms with Crippen LogP contribution in [0.3, 0.4) is 0 Å². The van der Waals surface area contributed by atoms with Gasteiger partial charge in [-0.3, -0.25) is 4.79 Å². The zero-order valence-electron chi connectivity index (χ0n) is 10.6. The molecule has 0 amide bonds. The summed E-state index contributed by atoms with van der Waals surface area (Å²) in [6, 6.07) is 7.09. The standard InChI is InChI=1S/C13H8N6O2/c20-12-8-4-2-1-3-7(8)9(17-18-12)13-16-11(19-21-13)10-14-5-6-15-10/h1-6H,(H,14,15)(H,18,20). The highest BCUT2D eigenvalue weighted by Gasteiger charge is 2.16. The number of hydrogen-bond acceptors (Lipinski definition) is 6. The van der Waals surface area contributed by atoms with Crippen molar-refractivity contribution >= 4 is 10.8 Å². The number of hydrogen-bond donors (Lipinski definition) is 2. The van der Waals surface area contributed by atoms with Crippen LogP contribution in [0.1, 0.15) is 0 Å². The first-order valence-electron chi connectivity index (χ1n) is 6.14. The van der Waals surface area contributed by atoms with Crippen LogP contribution in [-0.2, 0) is 0 Å². The summed E-state index contributed by atoms with van der Waals surface area (Å²) in [6.07, 6.45) is 3.26. The van der Waals surface area contributed by atoms with E-state index in [0.29, 0.717) is 28.1 Å². The molecule has 3 aromatic heterocycles. The van der Waals surface area contributed by atoms with E-state index in [-0.39, 0.29) is 11.4 Å². The van der Waals surface area contributed by atoms with Crippen molar-refractivity contribution in [1.82, 2.24) is 30.3 Å². The van der Waals surface area contributed by atoms with Crippen LogP contribution in [0, 0.1) is 0 Å². The molecule has 0 aliphatic carbocycles. The molecule has 0 saturated carbocycles. The van der Waals surface area contributed by atoms with Gasteiger partial charge in [0.1, 0.15) is 0 Å². The molecule has 0 unspecified atom stereocenters. The van der Waals surface area contributed by atoms with Gasteiger partial charge in [0.25, 0.3) is 11.4 Å². The van der Waals surface area contributed by atoms with Gasteiger partial charge >= 0.3 is 0 Å². The minimum atomic E-state index is -0.264. The van der Waals surface area contributed by atoms with E-state index in [4.69, 9.17) is 4.52 Å². The van der Waals surface area contributed by atoms with E-state index in [9.17, 15) is 4.79 Å². The van der Waals surface area contributed by atoms with E-state index in [0.717, 1.165) is 0 Å². The van der Waals surface area contributed by atoms with Gasteiger partial charge in [-0.15, -0.1) is 0 Å². The Labute approximate surface area is 116 Å². The van der Waals surface area contributed by atoms with Crippen molar-refractivity contribution in [3.05, 3.63) is 47.0 Å². The van der Waals surface area contributed by atoms with Crippen molar-refractivity contribution in [1.29, 1.82) is 0 Å². The van der Waals surface area contributed by atoms with Gasteiger partial charge in [-0.05, 0) is 6.07 Å². The SMILES string of the molecule is O=c1[nH]nc(-c2nc(-c3ncc[nH]3)no2)c2ccccc12. The van der Waals surface area contributed by atoms with Gasteiger partial charge < -0.3 is 9.51 Å². The fourth-order valence-corrected chi connectivity index (χ4v) is 2.08. The molecule has 8 heteroatoms. The molecule has 0 saturated heterocycles. The third-order valence-corrected chi connectivity index (χ3v) is 3.03. The molecule has 0 spiro atoms. The number of rotatable bonds is 2. The molecule has 0 bridgehead atoms. The van der Waals surface area contributed by atoms with Crippen molar-refractivity contribution in [2.75, 3.05) is 0 Å². The van der Waals surface area contributed by atoms with Crippen molar-refractivity contribution in [2.45, 2.75) is 0 Å². The second-order valence-corrected chi connectivity index (χ2v) is 4.31. The van der Waals surface area contributed by atoms with Crippen molar-refractivity contribution in [3.63, 3.8) is 0 Å². The van der Waals surface area contributed by atoms with Gasteiger partial charge in [-0.1, -0.05) is 23.4 Å². The first kappa shape index (κ1) is 11.5. The molecule has 21 heavy (non-hydrogen) atoms. The van der Waals surface area contributed by atoms with Crippen LogP contribution >= 0.6 is 0 Å². The maximum Gasteiger partial charge on any atom is 0.279 e. The van der Waals surface area contributed by atoms with Gasteiger partial charge in [-0.25, -0.2) is 10.1 Å². The van der Waals surface area contributed by atoms with Crippen LogP contribution in [0.15, 0.2) is 46.0 Å².